The van der Waals surface area contributed by atoms with Crippen LogP contribution in [-0.4, -0.2) is 40.5 Å². The van der Waals surface area contributed by atoms with Crippen molar-refractivity contribution in [1.82, 2.24) is 15.3 Å². The Morgan fingerprint density at radius 2 is 2.26 bits per heavy atom. The van der Waals surface area contributed by atoms with Crippen LogP contribution in [0.2, 0.25) is 0 Å². The lowest BCUT2D eigenvalue weighted by molar-refractivity contribution is -0.118. The molecule has 2 aromatic rings. The average molecular weight is 278 g/mol. The number of carbonyl (C=O) groups is 1. The fourth-order valence-corrected chi connectivity index (χ4v) is 2.34. The van der Waals surface area contributed by atoms with Gasteiger partial charge < -0.3 is 16.0 Å². The first-order valence-electron chi connectivity index (χ1n) is 6.27. The van der Waals surface area contributed by atoms with Gasteiger partial charge >= 0.3 is 0 Å². The number of hydrogen-bond donors (Lipinski definition) is 3. The second kappa shape index (κ2) is 7.16. The molecule has 0 aliphatic heterocycles. The van der Waals surface area contributed by atoms with Gasteiger partial charge in [-0.15, -0.1) is 0 Å². The van der Waals surface area contributed by atoms with Crippen LogP contribution in [0.15, 0.2) is 24.3 Å². The molecular formula is C13H18N4OS. The Balaban J connectivity index is 1.74. The molecule has 0 saturated carbocycles. The van der Waals surface area contributed by atoms with Crippen molar-refractivity contribution in [1.29, 1.82) is 0 Å². The maximum Gasteiger partial charge on any atom is 0.230 e. The van der Waals surface area contributed by atoms with Gasteiger partial charge in [0.05, 0.1) is 16.8 Å². The minimum atomic E-state index is 0.0505. The van der Waals surface area contributed by atoms with Crippen LogP contribution in [0.3, 0.4) is 0 Å². The minimum absolute atomic E-state index is 0.0505. The molecule has 0 saturated heterocycles. The Labute approximate surface area is 116 Å². The van der Waals surface area contributed by atoms with Gasteiger partial charge in [-0.25, -0.2) is 4.98 Å². The third kappa shape index (κ3) is 4.25. The van der Waals surface area contributed by atoms with Crippen molar-refractivity contribution in [3.05, 3.63) is 30.1 Å². The summed E-state index contributed by atoms with van der Waals surface area (Å²) in [4.78, 5) is 19.2. The second-order valence-electron chi connectivity index (χ2n) is 4.14. The first-order chi connectivity index (χ1) is 9.29. The van der Waals surface area contributed by atoms with Crippen molar-refractivity contribution < 1.29 is 4.79 Å². The predicted molar refractivity (Wildman–Crippen MR) is 79.2 cm³/mol. The minimum Gasteiger partial charge on any atom is -0.355 e. The quantitative estimate of drug-likeness (QED) is 0.657. The molecule has 1 heterocycles. The summed E-state index contributed by atoms with van der Waals surface area (Å²) in [5.41, 5.74) is 7.35. The zero-order valence-corrected chi connectivity index (χ0v) is 11.5. The van der Waals surface area contributed by atoms with E-state index >= 15 is 0 Å². The summed E-state index contributed by atoms with van der Waals surface area (Å²) in [5, 5.41) is 2.87. The molecule has 1 aromatic carbocycles. The van der Waals surface area contributed by atoms with Crippen LogP contribution in [0.25, 0.3) is 11.0 Å². The van der Waals surface area contributed by atoms with Crippen molar-refractivity contribution >= 4 is 28.7 Å². The van der Waals surface area contributed by atoms with Crippen LogP contribution >= 0.6 is 11.8 Å². The normalized spacial score (nSPS) is 10.8. The third-order valence-electron chi connectivity index (χ3n) is 2.62. The van der Waals surface area contributed by atoms with Crippen LogP contribution in [0.4, 0.5) is 0 Å². The number of nitrogens with one attached hydrogen (secondary N) is 2. The molecule has 102 valence electrons. The topological polar surface area (TPSA) is 83.8 Å². The monoisotopic (exact) mass is 278 g/mol. The zero-order valence-electron chi connectivity index (χ0n) is 10.7. The molecule has 0 aliphatic rings. The van der Waals surface area contributed by atoms with Gasteiger partial charge in [0.1, 0.15) is 5.82 Å². The molecule has 0 atom stereocenters. The van der Waals surface area contributed by atoms with E-state index in [0.717, 1.165) is 22.6 Å². The molecule has 19 heavy (non-hydrogen) atoms. The molecule has 6 heteroatoms. The first-order valence-corrected chi connectivity index (χ1v) is 7.43. The maximum atomic E-state index is 11.5. The van der Waals surface area contributed by atoms with Crippen molar-refractivity contribution in [2.45, 2.75) is 6.42 Å². The number of aromatic amines is 1. The van der Waals surface area contributed by atoms with E-state index in [-0.39, 0.29) is 5.91 Å². The lowest BCUT2D eigenvalue weighted by atomic mass is 10.3. The smallest absolute Gasteiger partial charge is 0.230 e. The largest absolute Gasteiger partial charge is 0.355 e. The van der Waals surface area contributed by atoms with Crippen molar-refractivity contribution in [2.75, 3.05) is 24.6 Å². The molecule has 0 aliphatic carbocycles. The summed E-state index contributed by atoms with van der Waals surface area (Å²) in [7, 11) is 0. The Kier molecular flexibility index (Phi) is 5.23. The highest BCUT2D eigenvalue weighted by Crippen LogP contribution is 2.10. The maximum absolute atomic E-state index is 11.5. The molecule has 2 rings (SSSR count). The molecule has 0 fully saturated rings. The molecule has 4 N–H and O–H groups in total. The summed E-state index contributed by atoms with van der Waals surface area (Å²) in [6.07, 6.45) is 0.710. The van der Waals surface area contributed by atoms with Gasteiger partial charge in [0.2, 0.25) is 5.91 Å². The van der Waals surface area contributed by atoms with E-state index in [0.29, 0.717) is 25.3 Å². The molecule has 0 spiro atoms. The van der Waals surface area contributed by atoms with E-state index in [4.69, 9.17) is 5.73 Å². The van der Waals surface area contributed by atoms with E-state index in [9.17, 15) is 4.79 Å². The van der Waals surface area contributed by atoms with E-state index in [1.807, 2.05) is 24.3 Å². The summed E-state index contributed by atoms with van der Waals surface area (Å²) in [6.45, 7) is 1.21. The Hall–Kier alpha value is -1.53. The van der Waals surface area contributed by atoms with Gasteiger partial charge in [-0.3, -0.25) is 4.79 Å². The van der Waals surface area contributed by atoms with E-state index < -0.39 is 0 Å². The van der Waals surface area contributed by atoms with Gasteiger partial charge in [-0.1, -0.05) is 12.1 Å². The summed E-state index contributed by atoms with van der Waals surface area (Å²) >= 11 is 1.55. The fourth-order valence-electron chi connectivity index (χ4n) is 1.74. The number of fused-ring (bicyclic) bond motifs is 1. The van der Waals surface area contributed by atoms with E-state index in [1.54, 1.807) is 11.8 Å². The molecule has 0 unspecified atom stereocenters. The average Bonchev–Trinajstić information content (AvgIpc) is 2.81. The Morgan fingerprint density at radius 1 is 1.42 bits per heavy atom. The van der Waals surface area contributed by atoms with Crippen LogP contribution < -0.4 is 11.1 Å². The molecule has 1 aromatic heterocycles. The lowest BCUT2D eigenvalue weighted by Crippen LogP contribution is -2.27. The standard InChI is InChI=1S/C13H18N4OS/c14-6-8-19-9-13(18)15-7-5-12-16-10-3-1-2-4-11(10)17-12/h1-4H,5-9,14H2,(H,15,18)(H,16,17). The number of thioether (sulfide) groups is 1. The number of imidazole rings is 1. The lowest BCUT2D eigenvalue weighted by Gasteiger charge is -2.03. The highest BCUT2D eigenvalue weighted by atomic mass is 32.2. The van der Waals surface area contributed by atoms with Crippen LogP contribution in [0.5, 0.6) is 0 Å². The second-order valence-corrected chi connectivity index (χ2v) is 5.25. The molecule has 5 nitrogen and oxygen atoms in total. The number of nitrogens with two attached hydrogens (primary N) is 1. The summed E-state index contributed by atoms with van der Waals surface area (Å²) < 4.78 is 0. The predicted octanol–water partition coefficient (Wildman–Crippen LogP) is 0.913. The Morgan fingerprint density at radius 3 is 3.05 bits per heavy atom. The fraction of sp³-hybridized carbons (Fsp3) is 0.385. The van der Waals surface area contributed by atoms with E-state index in [1.165, 1.54) is 0 Å². The molecule has 1 amide bonds. The zero-order chi connectivity index (χ0) is 13.5. The van der Waals surface area contributed by atoms with Crippen molar-refractivity contribution in [3.63, 3.8) is 0 Å². The van der Waals surface area contributed by atoms with Crippen LogP contribution in [0.1, 0.15) is 5.82 Å². The van der Waals surface area contributed by atoms with Crippen LogP contribution in [0, 0.1) is 0 Å². The number of H-pyrrole nitrogens is 1. The number of amides is 1. The van der Waals surface area contributed by atoms with Gasteiger partial charge in [-0.2, -0.15) is 11.8 Å². The first kappa shape index (κ1) is 13.9. The molecule has 0 bridgehead atoms. The number of aromatic nitrogens is 2. The molecular weight excluding hydrogens is 260 g/mol. The van der Waals surface area contributed by atoms with Crippen molar-refractivity contribution in [2.24, 2.45) is 5.73 Å². The number of para-hydroxylation sites is 2. The van der Waals surface area contributed by atoms with Crippen LogP contribution in [-0.2, 0) is 11.2 Å². The van der Waals surface area contributed by atoms with E-state index in [2.05, 4.69) is 15.3 Å². The van der Waals surface area contributed by atoms with Gasteiger partial charge in [-0.05, 0) is 12.1 Å². The van der Waals surface area contributed by atoms with Crippen molar-refractivity contribution in [3.8, 4) is 0 Å². The number of carbonyl (C=O) groups excluding carboxylic acids is 1. The summed E-state index contributed by atoms with van der Waals surface area (Å²) in [6, 6.07) is 7.90. The molecule has 0 radical (unpaired) electrons. The van der Waals surface area contributed by atoms with Gasteiger partial charge in [0, 0.05) is 25.3 Å². The van der Waals surface area contributed by atoms with Gasteiger partial charge in [0.25, 0.3) is 0 Å². The highest BCUT2D eigenvalue weighted by Gasteiger charge is 2.03. The number of benzene rings is 1. The number of rotatable bonds is 7. The Bertz CT molecular complexity index is 507. The third-order valence-corrected chi connectivity index (χ3v) is 3.61. The number of nitrogens with zero attached hydrogens (tertiary/aromatic N) is 1. The highest BCUT2D eigenvalue weighted by molar-refractivity contribution is 7.99. The SMILES string of the molecule is NCCSCC(=O)NCCc1nc2ccccc2[nH]1. The number of hydrogen-bond acceptors (Lipinski definition) is 4. The summed E-state index contributed by atoms with van der Waals surface area (Å²) in [5.74, 6) is 2.24. The van der Waals surface area contributed by atoms with Gasteiger partial charge in [0.15, 0.2) is 0 Å².